The molecule has 0 aliphatic heterocycles. The van der Waals surface area contributed by atoms with Crippen LogP contribution >= 0.6 is 11.6 Å². The molecule has 14 heteroatoms. The number of carbonyl (C=O) groups is 1. The summed E-state index contributed by atoms with van der Waals surface area (Å²) >= 11 is 6.10. The molecule has 0 aliphatic rings. The summed E-state index contributed by atoms with van der Waals surface area (Å²) in [7, 11) is 1.59. The molecule has 0 bridgehead atoms. The molecule has 0 atom stereocenters. The minimum atomic E-state index is -4.43. The number of amides is 1. The second kappa shape index (κ2) is 16.1. The van der Waals surface area contributed by atoms with Gasteiger partial charge in [-0.15, -0.1) is 5.10 Å². The number of pyridine rings is 1. The van der Waals surface area contributed by atoms with E-state index in [1.54, 1.807) is 27.0 Å². The molecule has 1 amide bonds. The van der Waals surface area contributed by atoms with Crippen LogP contribution in [-0.2, 0) is 9.88 Å². The Bertz CT molecular complexity index is 1120. The first-order valence-electron chi connectivity index (χ1n) is 12.2. The molecule has 0 spiro atoms. The van der Waals surface area contributed by atoms with Gasteiger partial charge in [0, 0.05) is 19.3 Å². The number of hydrogen-bond acceptors (Lipinski definition) is 8. The Balaban J connectivity index is 0.00000139. The zero-order valence-corrected chi connectivity index (χ0v) is 23.9. The highest BCUT2D eigenvalue weighted by molar-refractivity contribution is 6.32. The lowest BCUT2D eigenvalue weighted by atomic mass is 9.94. The minimum Gasteiger partial charge on any atom is -0.476 e. The van der Waals surface area contributed by atoms with E-state index in [2.05, 4.69) is 39.9 Å². The van der Waals surface area contributed by atoms with E-state index in [0.29, 0.717) is 11.5 Å². The zero-order chi connectivity index (χ0) is 29.6. The van der Waals surface area contributed by atoms with E-state index >= 15 is 0 Å². The van der Waals surface area contributed by atoms with Crippen molar-refractivity contribution in [3.8, 4) is 11.7 Å². The third kappa shape index (κ3) is 10.9. The average Bonchev–Trinajstić information content (AvgIpc) is 3.36. The maximum atomic E-state index is 13.0. The Kier molecular flexibility index (Phi) is 13.9. The van der Waals surface area contributed by atoms with Crippen molar-refractivity contribution in [2.75, 3.05) is 13.7 Å². The fourth-order valence-corrected chi connectivity index (χ4v) is 2.79. The molecule has 2 N–H and O–H groups in total. The van der Waals surface area contributed by atoms with Gasteiger partial charge < -0.3 is 9.62 Å². The molecule has 0 fully saturated rings. The number of aromatic nitrogens is 3. The predicted molar refractivity (Wildman–Crippen MR) is 142 cm³/mol. The van der Waals surface area contributed by atoms with Gasteiger partial charge in [-0.25, -0.2) is 9.67 Å². The van der Waals surface area contributed by atoms with E-state index in [1.165, 1.54) is 48.3 Å². The second-order valence-corrected chi connectivity index (χ2v) is 9.17. The van der Waals surface area contributed by atoms with E-state index in [1.807, 2.05) is 0 Å². The summed E-state index contributed by atoms with van der Waals surface area (Å²) in [4.78, 5) is 30.0. The molecular formula is C25H36ClF3N6O4. The number of carbonyl (C=O) groups excluding carboxylic acids is 1. The van der Waals surface area contributed by atoms with Gasteiger partial charge in [0.25, 0.3) is 5.91 Å². The smallest absolute Gasteiger partial charge is 0.397 e. The Morgan fingerprint density at radius 2 is 1.87 bits per heavy atom. The molecular weight excluding hydrogens is 541 g/mol. The van der Waals surface area contributed by atoms with Gasteiger partial charge in [0.2, 0.25) is 5.88 Å². The van der Waals surface area contributed by atoms with Gasteiger partial charge in [-0.2, -0.15) is 13.2 Å². The summed E-state index contributed by atoms with van der Waals surface area (Å²) in [5.41, 5.74) is 2.88. The normalized spacial score (nSPS) is 12.5. The van der Waals surface area contributed by atoms with Gasteiger partial charge in [-0.3, -0.25) is 15.2 Å². The third-order valence-corrected chi connectivity index (χ3v) is 5.51. The van der Waals surface area contributed by atoms with Crippen molar-refractivity contribution in [1.29, 1.82) is 0 Å². The average molecular weight is 577 g/mol. The van der Waals surface area contributed by atoms with Crippen LogP contribution < -0.4 is 15.8 Å². The van der Waals surface area contributed by atoms with Crippen LogP contribution in [0.15, 0.2) is 41.2 Å². The lowest BCUT2D eigenvalue weighted by Gasteiger charge is -2.26. The van der Waals surface area contributed by atoms with Crippen LogP contribution in [0.2, 0.25) is 5.15 Å². The highest BCUT2D eigenvalue weighted by atomic mass is 35.5. The molecule has 0 saturated heterocycles. The van der Waals surface area contributed by atoms with Crippen LogP contribution in [0.25, 0.3) is 5.82 Å². The van der Waals surface area contributed by atoms with Crippen LogP contribution in [0.3, 0.4) is 0 Å². The largest absolute Gasteiger partial charge is 0.476 e. The van der Waals surface area contributed by atoms with E-state index in [0.717, 1.165) is 13.8 Å². The monoisotopic (exact) mass is 576 g/mol. The van der Waals surface area contributed by atoms with Crippen molar-refractivity contribution in [2.45, 2.75) is 67.0 Å². The molecule has 2 aromatic rings. The fourth-order valence-electron chi connectivity index (χ4n) is 2.55. The molecule has 0 aliphatic carbocycles. The van der Waals surface area contributed by atoms with E-state index in [-0.39, 0.29) is 22.4 Å². The Labute approximate surface area is 231 Å². The maximum Gasteiger partial charge on any atom is 0.397 e. The first kappa shape index (κ1) is 33.9. The SMILES string of the molecule is C/C=C(/OONNC(=O)c1ccc(-n2ccc(OCC(C)(C)C(F)(F)F)n2)nc1Cl)C(C)=NC.CCCCC. The van der Waals surface area contributed by atoms with Gasteiger partial charge in [-0.05, 0) is 45.9 Å². The number of aliphatic imine (C=N–C) groups is 1. The standard InChI is InChI=1S/C20H24ClF3N6O4.C5H12/c1-6-14(12(2)25-5)33-34-29-27-18(31)13-7-8-15(26-17(13)21)30-10-9-16(28-30)32-11-19(3,4)20(22,23)24;1-3-5-4-2/h6-10,29H,11H2,1-5H3,(H,27,31);3-5H2,1-2H3/b14-6+,25-12?;. The topological polar surface area (TPSA) is 112 Å². The maximum absolute atomic E-state index is 13.0. The molecule has 39 heavy (non-hydrogen) atoms. The molecule has 2 heterocycles. The number of hydrogen-bond donors (Lipinski definition) is 2. The van der Waals surface area contributed by atoms with E-state index < -0.39 is 24.1 Å². The molecule has 0 aromatic carbocycles. The first-order chi connectivity index (χ1) is 18.3. The van der Waals surface area contributed by atoms with Gasteiger partial charge in [0.15, 0.2) is 11.6 Å². The predicted octanol–water partition coefficient (Wildman–Crippen LogP) is 6.18. The van der Waals surface area contributed by atoms with Crippen LogP contribution in [0.4, 0.5) is 13.2 Å². The van der Waals surface area contributed by atoms with E-state index in [4.69, 9.17) is 26.2 Å². The van der Waals surface area contributed by atoms with Crippen molar-refractivity contribution >= 4 is 23.2 Å². The Morgan fingerprint density at radius 3 is 2.38 bits per heavy atom. The number of unbranched alkanes of at least 4 members (excludes halogenated alkanes) is 2. The number of alkyl halides is 3. The molecule has 2 aromatic heterocycles. The van der Waals surface area contributed by atoms with Crippen LogP contribution in [0.1, 0.15) is 71.2 Å². The first-order valence-corrected chi connectivity index (χ1v) is 12.6. The van der Waals surface area contributed by atoms with Gasteiger partial charge >= 0.3 is 6.18 Å². The van der Waals surface area contributed by atoms with Crippen LogP contribution in [-0.4, -0.2) is 46.2 Å². The number of allylic oxidation sites excluding steroid dienone is 2. The van der Waals surface area contributed by atoms with Gasteiger partial charge in [0.05, 0.1) is 16.7 Å². The highest BCUT2D eigenvalue weighted by Gasteiger charge is 2.48. The third-order valence-electron chi connectivity index (χ3n) is 5.23. The quantitative estimate of drug-likeness (QED) is 0.0775. The van der Waals surface area contributed by atoms with Crippen LogP contribution in [0.5, 0.6) is 5.88 Å². The van der Waals surface area contributed by atoms with Crippen molar-refractivity contribution in [3.05, 3.63) is 46.9 Å². The lowest BCUT2D eigenvalue weighted by Crippen LogP contribution is -2.37. The lowest BCUT2D eigenvalue weighted by molar-refractivity contribution is -0.309. The summed E-state index contributed by atoms with van der Waals surface area (Å²) in [5.74, 6) is -0.138. The minimum absolute atomic E-state index is 0.00892. The number of nitrogens with zero attached hydrogens (tertiary/aromatic N) is 4. The molecule has 2 rings (SSSR count). The summed E-state index contributed by atoms with van der Waals surface area (Å²) in [5, 5.41) is 3.87. The van der Waals surface area contributed by atoms with Gasteiger partial charge in [0.1, 0.15) is 11.8 Å². The highest BCUT2D eigenvalue weighted by Crippen LogP contribution is 2.37. The number of hydrazine groups is 1. The number of ether oxygens (including phenoxy) is 1. The molecule has 0 saturated carbocycles. The number of halogens is 4. The Morgan fingerprint density at radius 1 is 1.21 bits per heavy atom. The van der Waals surface area contributed by atoms with E-state index in [9.17, 15) is 18.0 Å². The molecule has 0 unspecified atom stereocenters. The Hall–Kier alpha value is -3.16. The summed E-state index contributed by atoms with van der Waals surface area (Å²) in [6.45, 7) is 9.30. The number of rotatable bonds is 12. The van der Waals surface area contributed by atoms with Gasteiger partial charge in [-0.1, -0.05) is 55.3 Å². The van der Waals surface area contributed by atoms with Crippen molar-refractivity contribution in [3.63, 3.8) is 0 Å². The van der Waals surface area contributed by atoms with Crippen LogP contribution in [0, 0.1) is 5.41 Å². The van der Waals surface area contributed by atoms with Crippen molar-refractivity contribution in [2.24, 2.45) is 10.4 Å². The molecule has 218 valence electrons. The molecule has 10 nitrogen and oxygen atoms in total. The second-order valence-electron chi connectivity index (χ2n) is 8.82. The fraction of sp³-hybridized carbons (Fsp3) is 0.520. The summed E-state index contributed by atoms with van der Waals surface area (Å²) < 4.78 is 45.3. The number of nitrogens with one attached hydrogen (secondary N) is 2. The zero-order valence-electron chi connectivity index (χ0n) is 23.1. The van der Waals surface area contributed by atoms with Crippen molar-refractivity contribution < 1.29 is 32.6 Å². The summed E-state index contributed by atoms with van der Waals surface area (Å²) in [6.07, 6.45) is 2.70. The van der Waals surface area contributed by atoms with Crippen molar-refractivity contribution in [1.82, 2.24) is 25.8 Å². The molecule has 0 radical (unpaired) electrons. The summed E-state index contributed by atoms with van der Waals surface area (Å²) in [6, 6.07) is 4.20.